The predicted molar refractivity (Wildman–Crippen MR) is 161 cm³/mol. The molecule has 0 atom stereocenters. The van der Waals surface area contributed by atoms with Crippen molar-refractivity contribution in [3.8, 4) is 22.5 Å². The van der Waals surface area contributed by atoms with Crippen LogP contribution in [0.2, 0.25) is 0 Å². The largest absolute Gasteiger partial charge is 0.478 e. The maximum absolute atomic E-state index is 11.7. The van der Waals surface area contributed by atoms with E-state index in [0.29, 0.717) is 12.1 Å². The average molecular weight is 529 g/mol. The topological polar surface area (TPSA) is 72.9 Å². The lowest BCUT2D eigenvalue weighted by atomic mass is 9.98. The van der Waals surface area contributed by atoms with Crippen molar-refractivity contribution < 1.29 is 9.90 Å². The molecule has 6 rings (SSSR count). The lowest BCUT2D eigenvalue weighted by molar-refractivity contribution is 0.0697. The fourth-order valence-corrected chi connectivity index (χ4v) is 5.57. The van der Waals surface area contributed by atoms with E-state index in [4.69, 9.17) is 9.97 Å². The lowest BCUT2D eigenvalue weighted by Crippen LogP contribution is -2.06. The monoisotopic (exact) mass is 528 g/mol. The van der Waals surface area contributed by atoms with Crippen LogP contribution in [0.3, 0.4) is 0 Å². The van der Waals surface area contributed by atoms with E-state index in [-0.39, 0.29) is 0 Å². The minimum atomic E-state index is -0.920. The molecule has 1 N–H and O–H groups in total. The van der Waals surface area contributed by atoms with Crippen molar-refractivity contribution in [3.63, 3.8) is 0 Å². The summed E-state index contributed by atoms with van der Waals surface area (Å²) in [6.45, 7) is 5.02. The number of nitrogens with zero attached hydrogens (tertiary/aromatic N) is 4. The standard InChI is InChI=1S/C34H32N4O2/c1-4-5-14-31-36-32-22(2)19-25(33-35-28-12-8-9-13-29(28)37(33)3)20-30(32)38(31)21-23-15-17-24(18-16-23)26-10-6-7-11-27(26)34(39)40/h6-13,15-20H,4-5,14,21H2,1-3H3,(H,39,40). The Morgan fingerprint density at radius 1 is 0.875 bits per heavy atom. The molecule has 0 aliphatic rings. The molecule has 40 heavy (non-hydrogen) atoms. The highest BCUT2D eigenvalue weighted by Gasteiger charge is 2.18. The number of hydrogen-bond acceptors (Lipinski definition) is 3. The summed E-state index contributed by atoms with van der Waals surface area (Å²) in [6.07, 6.45) is 3.09. The van der Waals surface area contributed by atoms with Gasteiger partial charge in [0.1, 0.15) is 11.6 Å². The number of para-hydroxylation sites is 2. The SMILES string of the molecule is CCCCc1nc2c(C)cc(-c3nc4ccccc4n3C)cc2n1Cc1ccc(-c2ccccc2C(=O)O)cc1. The molecular weight excluding hydrogens is 496 g/mol. The van der Waals surface area contributed by atoms with Gasteiger partial charge in [-0.15, -0.1) is 0 Å². The highest BCUT2D eigenvalue weighted by Crippen LogP contribution is 2.31. The second kappa shape index (κ2) is 10.5. The molecule has 2 heterocycles. The smallest absolute Gasteiger partial charge is 0.336 e. The van der Waals surface area contributed by atoms with E-state index in [9.17, 15) is 9.90 Å². The first-order valence-corrected chi connectivity index (χ1v) is 13.8. The summed E-state index contributed by atoms with van der Waals surface area (Å²) in [5.41, 5.74) is 9.50. The Morgan fingerprint density at radius 2 is 1.62 bits per heavy atom. The van der Waals surface area contributed by atoms with Gasteiger partial charge in [-0.1, -0.05) is 67.9 Å². The van der Waals surface area contributed by atoms with E-state index in [1.54, 1.807) is 12.1 Å². The number of aryl methyl sites for hydroxylation is 3. The van der Waals surface area contributed by atoms with Crippen LogP contribution in [0.15, 0.2) is 84.9 Å². The maximum Gasteiger partial charge on any atom is 0.336 e. The average Bonchev–Trinajstić information content (AvgIpc) is 3.50. The van der Waals surface area contributed by atoms with Gasteiger partial charge in [-0.05, 0) is 65.9 Å². The van der Waals surface area contributed by atoms with Crippen molar-refractivity contribution in [2.75, 3.05) is 0 Å². The zero-order valence-corrected chi connectivity index (χ0v) is 23.1. The number of rotatable bonds is 8. The third-order valence-corrected chi connectivity index (χ3v) is 7.69. The van der Waals surface area contributed by atoms with Crippen LogP contribution in [0.5, 0.6) is 0 Å². The normalized spacial score (nSPS) is 11.5. The molecule has 6 nitrogen and oxygen atoms in total. The summed E-state index contributed by atoms with van der Waals surface area (Å²) in [6, 6.07) is 28.0. The van der Waals surface area contributed by atoms with Crippen molar-refractivity contribution in [1.82, 2.24) is 19.1 Å². The summed E-state index contributed by atoms with van der Waals surface area (Å²) >= 11 is 0. The molecule has 0 aliphatic heterocycles. The van der Waals surface area contributed by atoms with Gasteiger partial charge in [-0.2, -0.15) is 0 Å². The Labute approximate surface area is 233 Å². The van der Waals surface area contributed by atoms with Gasteiger partial charge in [0.05, 0.1) is 27.6 Å². The molecular formula is C34H32N4O2. The van der Waals surface area contributed by atoms with E-state index in [2.05, 4.69) is 66.4 Å². The third-order valence-electron chi connectivity index (χ3n) is 7.69. The molecule has 0 saturated carbocycles. The first kappa shape index (κ1) is 25.6. The van der Waals surface area contributed by atoms with Crippen LogP contribution in [0.1, 0.15) is 47.1 Å². The number of aromatic nitrogens is 4. The second-order valence-electron chi connectivity index (χ2n) is 10.4. The van der Waals surface area contributed by atoms with E-state index < -0.39 is 5.97 Å². The van der Waals surface area contributed by atoms with Crippen LogP contribution < -0.4 is 0 Å². The molecule has 0 bridgehead atoms. The van der Waals surface area contributed by atoms with Gasteiger partial charge >= 0.3 is 5.97 Å². The molecule has 2 aromatic heterocycles. The molecule has 6 aromatic rings. The summed E-state index contributed by atoms with van der Waals surface area (Å²) < 4.78 is 4.49. The zero-order chi connectivity index (χ0) is 27.8. The molecule has 0 unspecified atom stereocenters. The van der Waals surface area contributed by atoms with Crippen molar-refractivity contribution in [2.45, 2.75) is 39.7 Å². The summed E-state index contributed by atoms with van der Waals surface area (Å²) in [4.78, 5) is 21.8. The van der Waals surface area contributed by atoms with Gasteiger partial charge in [0, 0.05) is 25.6 Å². The molecule has 0 fully saturated rings. The first-order valence-electron chi connectivity index (χ1n) is 13.8. The van der Waals surface area contributed by atoms with Crippen molar-refractivity contribution in [1.29, 1.82) is 0 Å². The Morgan fingerprint density at radius 3 is 2.38 bits per heavy atom. The number of unbranched alkanes of at least 4 members (excludes halogenated alkanes) is 1. The number of hydrogen-bond donors (Lipinski definition) is 1. The molecule has 6 heteroatoms. The number of carboxylic acids is 1. The molecule has 0 saturated heterocycles. The van der Waals surface area contributed by atoms with Gasteiger partial charge < -0.3 is 14.2 Å². The second-order valence-corrected chi connectivity index (χ2v) is 10.4. The number of fused-ring (bicyclic) bond motifs is 2. The fraction of sp³-hybridized carbons (Fsp3) is 0.206. The van der Waals surface area contributed by atoms with Crippen molar-refractivity contribution in [3.05, 3.63) is 107 Å². The molecule has 0 amide bonds. The summed E-state index contributed by atoms with van der Waals surface area (Å²) in [5.74, 6) is 1.11. The molecule has 0 aliphatic carbocycles. The highest BCUT2D eigenvalue weighted by molar-refractivity contribution is 5.96. The van der Waals surface area contributed by atoms with Crippen LogP contribution in [-0.4, -0.2) is 30.2 Å². The number of carbonyl (C=O) groups is 1. The molecule has 0 spiro atoms. The maximum atomic E-state index is 11.7. The fourth-order valence-electron chi connectivity index (χ4n) is 5.57. The van der Waals surface area contributed by atoms with E-state index in [1.807, 2.05) is 36.4 Å². The van der Waals surface area contributed by atoms with Crippen LogP contribution in [-0.2, 0) is 20.0 Å². The summed E-state index contributed by atoms with van der Waals surface area (Å²) in [7, 11) is 2.07. The molecule has 0 radical (unpaired) electrons. The quantitative estimate of drug-likeness (QED) is 0.220. The Bertz CT molecular complexity index is 1860. The molecule has 4 aromatic carbocycles. The van der Waals surface area contributed by atoms with Gasteiger partial charge in [-0.25, -0.2) is 14.8 Å². The van der Waals surface area contributed by atoms with E-state index in [0.717, 1.165) is 80.8 Å². The Hall–Kier alpha value is -4.71. The highest BCUT2D eigenvalue weighted by atomic mass is 16.4. The van der Waals surface area contributed by atoms with Gasteiger partial charge in [0.15, 0.2) is 0 Å². The Balaban J connectivity index is 1.42. The van der Waals surface area contributed by atoms with Crippen LogP contribution >= 0.6 is 0 Å². The van der Waals surface area contributed by atoms with Gasteiger partial charge in [0.2, 0.25) is 0 Å². The summed E-state index contributed by atoms with van der Waals surface area (Å²) in [5, 5.41) is 9.62. The lowest BCUT2D eigenvalue weighted by Gasteiger charge is -2.12. The first-order chi connectivity index (χ1) is 19.4. The number of carboxylic acid groups (broad SMARTS) is 1. The van der Waals surface area contributed by atoms with Crippen LogP contribution in [0, 0.1) is 6.92 Å². The molecule has 200 valence electrons. The number of benzene rings is 4. The van der Waals surface area contributed by atoms with E-state index in [1.165, 1.54) is 0 Å². The number of imidazole rings is 2. The zero-order valence-electron chi connectivity index (χ0n) is 23.1. The minimum Gasteiger partial charge on any atom is -0.478 e. The predicted octanol–water partition coefficient (Wildman–Crippen LogP) is 7.65. The number of aromatic carboxylic acids is 1. The third kappa shape index (κ3) is 4.56. The van der Waals surface area contributed by atoms with Gasteiger partial charge in [-0.3, -0.25) is 0 Å². The van der Waals surface area contributed by atoms with E-state index >= 15 is 0 Å². The minimum absolute atomic E-state index is 0.308. The van der Waals surface area contributed by atoms with Gasteiger partial charge in [0.25, 0.3) is 0 Å². The van der Waals surface area contributed by atoms with Crippen LogP contribution in [0.25, 0.3) is 44.6 Å². The van der Waals surface area contributed by atoms with Crippen molar-refractivity contribution >= 4 is 28.0 Å². The Kier molecular flexibility index (Phi) is 6.68. The van der Waals surface area contributed by atoms with Crippen molar-refractivity contribution in [2.24, 2.45) is 7.05 Å². The van der Waals surface area contributed by atoms with Crippen LogP contribution in [0.4, 0.5) is 0 Å².